The van der Waals surface area contributed by atoms with Crippen LogP contribution in [0.1, 0.15) is 12.8 Å². The van der Waals surface area contributed by atoms with Crippen molar-refractivity contribution in [1.29, 1.82) is 0 Å². The first-order valence-electron chi connectivity index (χ1n) is 4.61. The minimum Gasteiger partial charge on any atom is -0.481 e. The summed E-state index contributed by atoms with van der Waals surface area (Å²) in [7, 11) is 0. The molecule has 0 radical (unpaired) electrons. The predicted molar refractivity (Wildman–Crippen MR) is 56.6 cm³/mol. The van der Waals surface area contributed by atoms with Gasteiger partial charge in [0.2, 0.25) is 0 Å². The zero-order chi connectivity index (χ0) is 11.8. The van der Waals surface area contributed by atoms with Crippen molar-refractivity contribution in [2.45, 2.75) is 12.8 Å². The Kier molecular flexibility index (Phi) is 2.50. The zero-order valence-electron chi connectivity index (χ0n) is 8.17. The molecule has 86 valence electrons. The summed E-state index contributed by atoms with van der Waals surface area (Å²) in [5, 5.41) is 22.5. The minimum atomic E-state index is -0.828. The SMILES string of the molecule is O=C(O)C1(CNc2ncc([N+](=O)[O-])s2)CC1. The number of anilines is 1. The van der Waals surface area contributed by atoms with Crippen LogP contribution in [0.5, 0.6) is 0 Å². The van der Waals surface area contributed by atoms with E-state index in [-0.39, 0.29) is 11.5 Å². The molecule has 0 unspecified atom stereocenters. The number of carboxylic acids is 1. The lowest BCUT2D eigenvalue weighted by atomic mass is 10.1. The lowest BCUT2D eigenvalue weighted by Gasteiger charge is -2.09. The van der Waals surface area contributed by atoms with Gasteiger partial charge >= 0.3 is 11.0 Å². The largest absolute Gasteiger partial charge is 0.481 e. The first kappa shape index (κ1) is 10.8. The van der Waals surface area contributed by atoms with Gasteiger partial charge in [0.1, 0.15) is 6.20 Å². The fourth-order valence-electron chi connectivity index (χ4n) is 1.29. The molecule has 1 fully saturated rings. The summed E-state index contributed by atoms with van der Waals surface area (Å²) in [6, 6.07) is 0. The topological polar surface area (TPSA) is 105 Å². The van der Waals surface area contributed by atoms with Crippen LogP contribution in [-0.2, 0) is 4.79 Å². The second-order valence-corrected chi connectivity index (χ2v) is 4.71. The van der Waals surface area contributed by atoms with Crippen LogP contribution in [0.15, 0.2) is 6.20 Å². The third-order valence-corrected chi connectivity index (χ3v) is 3.47. The highest BCUT2D eigenvalue weighted by Crippen LogP contribution is 2.46. The van der Waals surface area contributed by atoms with E-state index in [1.165, 1.54) is 0 Å². The number of thiazole rings is 1. The Hall–Kier alpha value is -1.70. The van der Waals surface area contributed by atoms with Crippen molar-refractivity contribution >= 4 is 27.4 Å². The number of nitro groups is 1. The molecule has 2 rings (SSSR count). The molecule has 1 saturated carbocycles. The molecule has 7 nitrogen and oxygen atoms in total. The molecule has 1 heterocycles. The summed E-state index contributed by atoms with van der Waals surface area (Å²) in [4.78, 5) is 24.5. The molecular formula is C8H9N3O4S. The highest BCUT2D eigenvalue weighted by Gasteiger charge is 2.50. The summed E-state index contributed by atoms with van der Waals surface area (Å²) in [5.41, 5.74) is -0.694. The third-order valence-electron chi connectivity index (χ3n) is 2.56. The quantitative estimate of drug-likeness (QED) is 0.597. The maximum atomic E-state index is 10.9. The predicted octanol–water partition coefficient (Wildman–Crippen LogP) is 1.33. The molecule has 1 aliphatic rings. The normalized spacial score (nSPS) is 16.8. The lowest BCUT2D eigenvalue weighted by Crippen LogP contribution is -2.24. The first-order valence-corrected chi connectivity index (χ1v) is 5.43. The van der Waals surface area contributed by atoms with Crippen molar-refractivity contribution in [3.8, 4) is 0 Å². The van der Waals surface area contributed by atoms with Gasteiger partial charge in [-0.15, -0.1) is 0 Å². The van der Waals surface area contributed by atoms with Crippen LogP contribution < -0.4 is 5.32 Å². The van der Waals surface area contributed by atoms with E-state index in [2.05, 4.69) is 10.3 Å². The van der Waals surface area contributed by atoms with Crippen molar-refractivity contribution in [1.82, 2.24) is 4.98 Å². The Morgan fingerprint density at radius 1 is 1.75 bits per heavy atom. The molecule has 16 heavy (non-hydrogen) atoms. The molecule has 0 aromatic carbocycles. The number of nitrogens with one attached hydrogen (secondary N) is 1. The smallest absolute Gasteiger partial charge is 0.345 e. The lowest BCUT2D eigenvalue weighted by molar-refractivity contribution is -0.380. The average molecular weight is 243 g/mol. The van der Waals surface area contributed by atoms with Gasteiger partial charge in [-0.25, -0.2) is 4.98 Å². The number of carboxylic acid groups (broad SMARTS) is 1. The van der Waals surface area contributed by atoms with E-state index in [4.69, 9.17) is 5.11 Å². The molecular weight excluding hydrogens is 234 g/mol. The van der Waals surface area contributed by atoms with E-state index in [1.807, 2.05) is 0 Å². The van der Waals surface area contributed by atoms with E-state index in [1.54, 1.807) is 0 Å². The summed E-state index contributed by atoms with van der Waals surface area (Å²) in [6.07, 6.45) is 2.44. The van der Waals surface area contributed by atoms with Crippen LogP contribution >= 0.6 is 11.3 Å². The van der Waals surface area contributed by atoms with Gasteiger partial charge in [0.25, 0.3) is 0 Å². The monoisotopic (exact) mass is 243 g/mol. The summed E-state index contributed by atoms with van der Waals surface area (Å²) < 4.78 is 0. The number of nitrogens with zero attached hydrogens (tertiary/aromatic N) is 2. The molecule has 0 amide bonds. The number of hydrogen-bond donors (Lipinski definition) is 2. The van der Waals surface area contributed by atoms with Crippen molar-refractivity contribution in [3.05, 3.63) is 16.3 Å². The molecule has 0 saturated heterocycles. The van der Waals surface area contributed by atoms with Crippen LogP contribution in [0.3, 0.4) is 0 Å². The van der Waals surface area contributed by atoms with E-state index in [0.717, 1.165) is 17.5 Å². The van der Waals surface area contributed by atoms with Gasteiger partial charge in [0, 0.05) is 6.54 Å². The van der Waals surface area contributed by atoms with Gasteiger partial charge in [-0.05, 0) is 24.2 Å². The van der Waals surface area contributed by atoms with Crippen LogP contribution in [0.2, 0.25) is 0 Å². The standard InChI is InChI=1S/C8H9N3O4S/c12-6(13)8(1-2-8)4-10-7-9-3-5(16-7)11(14)15/h3H,1-2,4H2,(H,9,10)(H,12,13). The molecule has 1 aliphatic carbocycles. The number of rotatable bonds is 5. The fourth-order valence-corrected chi connectivity index (χ4v) is 1.92. The second-order valence-electron chi connectivity index (χ2n) is 3.70. The van der Waals surface area contributed by atoms with Gasteiger partial charge in [-0.2, -0.15) is 0 Å². The molecule has 0 spiro atoms. The molecule has 8 heteroatoms. The zero-order valence-corrected chi connectivity index (χ0v) is 8.99. The highest BCUT2D eigenvalue weighted by atomic mass is 32.1. The van der Waals surface area contributed by atoms with Crippen LogP contribution in [0.25, 0.3) is 0 Å². The van der Waals surface area contributed by atoms with Crippen LogP contribution in [0, 0.1) is 15.5 Å². The Bertz CT molecular complexity index is 440. The Morgan fingerprint density at radius 3 is 2.88 bits per heavy atom. The van der Waals surface area contributed by atoms with Crippen molar-refractivity contribution < 1.29 is 14.8 Å². The second kappa shape index (κ2) is 3.71. The fraction of sp³-hybridized carbons (Fsp3) is 0.500. The molecule has 2 N–H and O–H groups in total. The Balaban J connectivity index is 1.95. The van der Waals surface area contributed by atoms with Gasteiger partial charge < -0.3 is 10.4 Å². The summed E-state index contributed by atoms with van der Waals surface area (Å²) in [5.74, 6) is -0.828. The van der Waals surface area contributed by atoms with Crippen LogP contribution in [0.4, 0.5) is 10.1 Å². The van der Waals surface area contributed by atoms with E-state index < -0.39 is 16.3 Å². The van der Waals surface area contributed by atoms with Crippen molar-refractivity contribution in [2.24, 2.45) is 5.41 Å². The third kappa shape index (κ3) is 1.96. The molecule has 0 aliphatic heterocycles. The summed E-state index contributed by atoms with van der Waals surface area (Å²) in [6.45, 7) is 0.271. The Labute approximate surface area is 94.3 Å². The molecule has 0 atom stereocenters. The molecule has 1 aromatic rings. The highest BCUT2D eigenvalue weighted by molar-refractivity contribution is 7.18. The van der Waals surface area contributed by atoms with Gasteiger partial charge in [-0.3, -0.25) is 14.9 Å². The average Bonchev–Trinajstić information content (AvgIpc) is 2.87. The maximum absolute atomic E-state index is 10.9. The van der Waals surface area contributed by atoms with Crippen molar-refractivity contribution in [2.75, 3.05) is 11.9 Å². The number of aliphatic carboxylic acids is 1. The maximum Gasteiger partial charge on any atom is 0.345 e. The summed E-state index contributed by atoms with van der Waals surface area (Å²) >= 11 is 0.907. The first-order chi connectivity index (χ1) is 7.53. The molecule has 0 bridgehead atoms. The van der Waals surface area contributed by atoms with Crippen molar-refractivity contribution in [3.63, 3.8) is 0 Å². The van der Waals surface area contributed by atoms with E-state index in [9.17, 15) is 14.9 Å². The number of carbonyl (C=O) groups is 1. The minimum absolute atomic E-state index is 0.0531. The van der Waals surface area contributed by atoms with Gasteiger partial charge in [-0.1, -0.05) is 0 Å². The van der Waals surface area contributed by atoms with E-state index >= 15 is 0 Å². The number of hydrogen-bond acceptors (Lipinski definition) is 6. The van der Waals surface area contributed by atoms with Gasteiger partial charge in [0.05, 0.1) is 10.3 Å². The Morgan fingerprint density at radius 2 is 2.44 bits per heavy atom. The number of aromatic nitrogens is 1. The van der Waals surface area contributed by atoms with E-state index in [0.29, 0.717) is 18.0 Å². The van der Waals surface area contributed by atoms with Crippen LogP contribution in [-0.4, -0.2) is 27.5 Å². The molecule has 1 aromatic heterocycles. The van der Waals surface area contributed by atoms with Gasteiger partial charge in [0.15, 0.2) is 5.13 Å².